The van der Waals surface area contributed by atoms with Gasteiger partial charge in [-0.15, -0.1) is 0 Å². The van der Waals surface area contributed by atoms with Gasteiger partial charge >= 0.3 is 5.97 Å². The number of hydrogen-bond donors (Lipinski definition) is 1. The Morgan fingerprint density at radius 2 is 2.10 bits per heavy atom. The monoisotopic (exact) mass is 311 g/mol. The molecule has 0 radical (unpaired) electrons. The normalized spacial score (nSPS) is 10.6. The van der Waals surface area contributed by atoms with Gasteiger partial charge < -0.3 is 14.7 Å². The van der Waals surface area contributed by atoms with Crippen molar-refractivity contribution in [3.63, 3.8) is 0 Å². The van der Waals surface area contributed by atoms with E-state index in [2.05, 4.69) is 0 Å². The van der Waals surface area contributed by atoms with Gasteiger partial charge in [-0.25, -0.2) is 4.79 Å². The van der Waals surface area contributed by atoms with Gasteiger partial charge in [-0.05, 0) is 24.6 Å². The molecule has 0 heterocycles. The third kappa shape index (κ3) is 5.87. The fourth-order valence-corrected chi connectivity index (χ4v) is 1.82. The quantitative estimate of drug-likeness (QED) is 0.621. The highest BCUT2D eigenvalue weighted by molar-refractivity contribution is 6.32. The molecule has 0 saturated heterocycles. The molecular formula is C15H18ClNO4. The number of ether oxygens (including phenoxy) is 1. The lowest BCUT2D eigenvalue weighted by Gasteiger charge is -2.12. The Morgan fingerprint density at radius 1 is 1.38 bits per heavy atom. The van der Waals surface area contributed by atoms with Crippen LogP contribution in [0.25, 0.3) is 6.08 Å². The molecule has 21 heavy (non-hydrogen) atoms. The summed E-state index contributed by atoms with van der Waals surface area (Å²) in [5, 5.41) is 9.08. The molecule has 0 atom stereocenters. The second-order valence-electron chi connectivity index (χ2n) is 4.56. The molecule has 6 heteroatoms. The van der Waals surface area contributed by atoms with Gasteiger partial charge in [0.1, 0.15) is 5.75 Å². The molecule has 5 nitrogen and oxygen atoms in total. The Balaban J connectivity index is 2.65. The van der Waals surface area contributed by atoms with E-state index in [1.54, 1.807) is 32.3 Å². The molecule has 1 aromatic rings. The minimum Gasteiger partial charge on any atom is -0.493 e. The van der Waals surface area contributed by atoms with Crippen LogP contribution in [0, 0.1) is 0 Å². The van der Waals surface area contributed by atoms with E-state index in [1.807, 2.05) is 0 Å². The van der Waals surface area contributed by atoms with Crippen molar-refractivity contribution >= 4 is 29.6 Å². The first-order valence-electron chi connectivity index (χ1n) is 6.44. The van der Waals surface area contributed by atoms with Crippen molar-refractivity contribution in [3.05, 3.63) is 34.9 Å². The first-order chi connectivity index (χ1) is 9.91. The molecule has 0 aliphatic rings. The zero-order valence-corrected chi connectivity index (χ0v) is 12.8. The summed E-state index contributed by atoms with van der Waals surface area (Å²) >= 11 is 6.03. The number of aliphatic carboxylic acids is 1. The highest BCUT2D eigenvalue weighted by Gasteiger charge is 2.07. The highest BCUT2D eigenvalue weighted by Crippen LogP contribution is 2.28. The van der Waals surface area contributed by atoms with Crippen molar-refractivity contribution in [3.8, 4) is 5.75 Å². The number of amides is 1. The summed E-state index contributed by atoms with van der Waals surface area (Å²) in [5.74, 6) is -0.523. The molecule has 1 rings (SSSR count). The van der Waals surface area contributed by atoms with Gasteiger partial charge in [0.2, 0.25) is 5.91 Å². The third-order valence-corrected chi connectivity index (χ3v) is 3.03. The molecule has 0 saturated carbocycles. The van der Waals surface area contributed by atoms with Crippen molar-refractivity contribution in [2.45, 2.75) is 12.8 Å². The molecule has 0 aliphatic carbocycles. The van der Waals surface area contributed by atoms with Crippen molar-refractivity contribution in [1.82, 2.24) is 4.90 Å². The first kappa shape index (κ1) is 17.0. The van der Waals surface area contributed by atoms with Gasteiger partial charge in [0.25, 0.3) is 0 Å². The highest BCUT2D eigenvalue weighted by atomic mass is 35.5. The summed E-state index contributed by atoms with van der Waals surface area (Å²) in [6.07, 6.45) is 3.37. The van der Waals surface area contributed by atoms with Crippen molar-refractivity contribution in [2.75, 3.05) is 20.7 Å². The topological polar surface area (TPSA) is 66.8 Å². The maximum atomic E-state index is 11.4. The average Bonchev–Trinajstić information content (AvgIpc) is 2.42. The Hall–Kier alpha value is -2.01. The maximum Gasteiger partial charge on any atom is 0.328 e. The van der Waals surface area contributed by atoms with Gasteiger partial charge in [0, 0.05) is 32.2 Å². The predicted molar refractivity (Wildman–Crippen MR) is 81.5 cm³/mol. The average molecular weight is 312 g/mol. The first-order valence-corrected chi connectivity index (χ1v) is 6.82. The van der Waals surface area contributed by atoms with E-state index in [0.29, 0.717) is 35.8 Å². The van der Waals surface area contributed by atoms with E-state index < -0.39 is 5.97 Å². The second-order valence-corrected chi connectivity index (χ2v) is 4.97. The number of benzene rings is 1. The van der Waals surface area contributed by atoms with Gasteiger partial charge in [-0.3, -0.25) is 4.79 Å². The molecule has 1 aromatic carbocycles. The van der Waals surface area contributed by atoms with Gasteiger partial charge in [-0.2, -0.15) is 0 Å². The minimum atomic E-state index is -1.06. The zero-order valence-electron chi connectivity index (χ0n) is 12.0. The molecule has 1 amide bonds. The van der Waals surface area contributed by atoms with E-state index in [9.17, 15) is 9.59 Å². The standard InChI is InChI=1S/C15H18ClNO4/c1-17(2)14(18)7-4-10-21-13-6-3-5-12(16)11(13)8-9-15(19)20/h3,5-6,8-9H,4,7,10H2,1-2H3,(H,19,20)/b9-8+. The molecule has 1 N–H and O–H groups in total. The number of carboxylic acid groups (broad SMARTS) is 1. The molecule has 0 bridgehead atoms. The smallest absolute Gasteiger partial charge is 0.328 e. The number of carbonyl (C=O) groups is 2. The van der Waals surface area contributed by atoms with Gasteiger partial charge in [-0.1, -0.05) is 17.7 Å². The number of nitrogens with zero attached hydrogens (tertiary/aromatic N) is 1. The van der Waals surface area contributed by atoms with Crippen LogP contribution in [-0.4, -0.2) is 42.6 Å². The fraction of sp³-hybridized carbons (Fsp3) is 0.333. The van der Waals surface area contributed by atoms with E-state index in [-0.39, 0.29) is 5.91 Å². The summed E-state index contributed by atoms with van der Waals surface area (Å²) in [6.45, 7) is 0.355. The lowest BCUT2D eigenvalue weighted by molar-refractivity contribution is -0.131. The third-order valence-electron chi connectivity index (χ3n) is 2.70. The summed E-state index contributed by atoms with van der Waals surface area (Å²) in [6, 6.07) is 5.09. The Labute approximate surface area is 128 Å². The number of hydrogen-bond acceptors (Lipinski definition) is 3. The Bertz CT molecular complexity index is 540. The van der Waals surface area contributed by atoms with E-state index in [4.69, 9.17) is 21.4 Å². The minimum absolute atomic E-state index is 0.0377. The van der Waals surface area contributed by atoms with Crippen LogP contribution in [0.1, 0.15) is 18.4 Å². The van der Waals surface area contributed by atoms with Gasteiger partial charge in [0.05, 0.1) is 11.6 Å². The van der Waals surface area contributed by atoms with Crippen LogP contribution >= 0.6 is 11.6 Å². The number of rotatable bonds is 7. The van der Waals surface area contributed by atoms with Crippen LogP contribution in [0.2, 0.25) is 5.02 Å². The van der Waals surface area contributed by atoms with Crippen LogP contribution in [0.5, 0.6) is 5.75 Å². The lowest BCUT2D eigenvalue weighted by Crippen LogP contribution is -2.21. The predicted octanol–water partition coefficient (Wildman–Crippen LogP) is 2.69. The number of halogens is 1. The maximum absolute atomic E-state index is 11.4. The van der Waals surface area contributed by atoms with Gasteiger partial charge in [0.15, 0.2) is 0 Å². The summed E-state index contributed by atoms with van der Waals surface area (Å²) in [5.41, 5.74) is 0.514. The Kier molecular flexibility index (Phi) is 6.75. The lowest BCUT2D eigenvalue weighted by atomic mass is 10.2. The molecule has 114 valence electrons. The second kappa shape index (κ2) is 8.32. The van der Waals surface area contributed by atoms with Crippen molar-refractivity contribution < 1.29 is 19.4 Å². The summed E-state index contributed by atoms with van der Waals surface area (Å²) in [7, 11) is 3.41. The molecule has 0 aromatic heterocycles. The van der Waals surface area contributed by atoms with E-state index in [1.165, 1.54) is 11.0 Å². The molecule has 0 fully saturated rings. The SMILES string of the molecule is CN(C)C(=O)CCCOc1cccc(Cl)c1/C=C/C(=O)O. The Morgan fingerprint density at radius 3 is 2.71 bits per heavy atom. The zero-order chi connectivity index (χ0) is 15.8. The van der Waals surface area contributed by atoms with Crippen LogP contribution in [0.4, 0.5) is 0 Å². The number of carbonyl (C=O) groups excluding carboxylic acids is 1. The van der Waals surface area contributed by atoms with Crippen molar-refractivity contribution in [2.24, 2.45) is 0 Å². The summed E-state index contributed by atoms with van der Waals surface area (Å²) in [4.78, 5) is 23.5. The van der Waals surface area contributed by atoms with Crippen LogP contribution in [0.15, 0.2) is 24.3 Å². The molecule has 0 aliphatic heterocycles. The van der Waals surface area contributed by atoms with E-state index >= 15 is 0 Å². The van der Waals surface area contributed by atoms with Crippen LogP contribution < -0.4 is 4.74 Å². The van der Waals surface area contributed by atoms with E-state index in [0.717, 1.165) is 6.08 Å². The molecule has 0 spiro atoms. The van der Waals surface area contributed by atoms with Crippen LogP contribution in [0.3, 0.4) is 0 Å². The number of carboxylic acids is 1. The fourth-order valence-electron chi connectivity index (χ4n) is 1.59. The largest absolute Gasteiger partial charge is 0.493 e. The summed E-state index contributed by atoms with van der Waals surface area (Å²) < 4.78 is 5.58. The molecule has 0 unspecified atom stereocenters. The van der Waals surface area contributed by atoms with Crippen molar-refractivity contribution in [1.29, 1.82) is 0 Å². The molecular weight excluding hydrogens is 294 g/mol. The van der Waals surface area contributed by atoms with Crippen LogP contribution in [-0.2, 0) is 9.59 Å².